The maximum Gasteiger partial charge on any atom is 0.278 e. The molecule has 1 saturated heterocycles. The lowest BCUT2D eigenvalue weighted by Crippen LogP contribution is -3.13. The van der Waals surface area contributed by atoms with E-state index >= 15 is 0 Å². The highest BCUT2D eigenvalue weighted by Gasteiger charge is 2.31. The molecule has 1 fully saturated rings. The minimum absolute atomic E-state index is 0.117. The van der Waals surface area contributed by atoms with E-state index in [4.69, 9.17) is 0 Å². The Morgan fingerprint density at radius 1 is 0.931 bits per heavy atom. The quantitative estimate of drug-likeness (QED) is 0.512. The van der Waals surface area contributed by atoms with Crippen LogP contribution < -0.4 is 4.90 Å². The van der Waals surface area contributed by atoms with E-state index in [0.717, 1.165) is 15.7 Å². The molecule has 29 heavy (non-hydrogen) atoms. The van der Waals surface area contributed by atoms with Gasteiger partial charge >= 0.3 is 0 Å². The molecule has 0 spiro atoms. The number of nitrogens with one attached hydrogen (secondary N) is 1. The fraction of sp³-hybridized carbons (Fsp3) is 0.238. The van der Waals surface area contributed by atoms with Gasteiger partial charge in [0.05, 0.1) is 41.6 Å². The summed E-state index contributed by atoms with van der Waals surface area (Å²) in [5, 5.41) is 13.1. The number of para-hydroxylation sites is 1. The molecule has 3 aromatic carbocycles. The van der Waals surface area contributed by atoms with Crippen molar-refractivity contribution in [3.8, 4) is 0 Å². The first-order chi connectivity index (χ1) is 13.9. The zero-order valence-electron chi connectivity index (χ0n) is 15.8. The van der Waals surface area contributed by atoms with Gasteiger partial charge in [0, 0.05) is 6.07 Å². The summed E-state index contributed by atoms with van der Waals surface area (Å²) in [6.45, 7) is 2.52. The van der Waals surface area contributed by atoms with Gasteiger partial charge in [-0.15, -0.1) is 0 Å². The van der Waals surface area contributed by atoms with E-state index in [1.54, 1.807) is 30.3 Å². The molecule has 0 radical (unpaired) electrons. The summed E-state index contributed by atoms with van der Waals surface area (Å²) in [7, 11) is -3.56. The molecule has 0 amide bonds. The van der Waals surface area contributed by atoms with Gasteiger partial charge in [0.25, 0.3) is 5.69 Å². The summed E-state index contributed by atoms with van der Waals surface area (Å²) >= 11 is 0. The van der Waals surface area contributed by atoms with Gasteiger partial charge in [-0.2, -0.15) is 4.31 Å². The molecule has 1 aliphatic heterocycles. The number of nitro benzene ring substituents is 1. The van der Waals surface area contributed by atoms with E-state index in [1.165, 1.54) is 10.4 Å². The van der Waals surface area contributed by atoms with Crippen LogP contribution >= 0.6 is 0 Å². The molecular formula is C21H22N3O4S+. The molecule has 0 unspecified atom stereocenters. The number of quaternary nitrogens is 1. The Morgan fingerprint density at radius 2 is 1.59 bits per heavy atom. The van der Waals surface area contributed by atoms with Crippen LogP contribution in [0.1, 0.15) is 5.56 Å². The standard InChI is InChI=1S/C21H21N3O4S/c25-24(26)21-8-4-3-7-19(21)16-22-11-13-23(14-12-22)29(27,28)20-10-9-17-5-1-2-6-18(17)15-20/h1-10,15H,11-14,16H2/p+1. The highest BCUT2D eigenvalue weighted by Crippen LogP contribution is 2.22. The van der Waals surface area contributed by atoms with Crippen molar-refractivity contribution < 1.29 is 18.2 Å². The van der Waals surface area contributed by atoms with Crippen molar-refractivity contribution in [2.24, 2.45) is 0 Å². The number of hydrogen-bond acceptors (Lipinski definition) is 4. The molecule has 0 saturated carbocycles. The molecule has 7 nitrogen and oxygen atoms in total. The predicted molar refractivity (Wildman–Crippen MR) is 110 cm³/mol. The molecule has 0 bridgehead atoms. The first-order valence-corrected chi connectivity index (χ1v) is 10.9. The number of nitro groups is 1. The maximum absolute atomic E-state index is 13.1. The van der Waals surface area contributed by atoms with E-state index in [2.05, 4.69) is 0 Å². The van der Waals surface area contributed by atoms with Gasteiger partial charge in [0.15, 0.2) is 0 Å². The van der Waals surface area contributed by atoms with Crippen LogP contribution in [-0.4, -0.2) is 43.8 Å². The molecule has 8 heteroatoms. The Hall–Kier alpha value is -2.81. The Kier molecular flexibility index (Phi) is 5.31. The zero-order chi connectivity index (χ0) is 20.4. The van der Waals surface area contributed by atoms with Gasteiger partial charge in [-0.25, -0.2) is 8.42 Å². The predicted octanol–water partition coefficient (Wildman–Crippen LogP) is 1.84. The number of fused-ring (bicyclic) bond motifs is 1. The third-order valence-electron chi connectivity index (χ3n) is 5.42. The Bertz CT molecular complexity index is 1160. The van der Waals surface area contributed by atoms with E-state index in [-0.39, 0.29) is 10.6 Å². The molecule has 150 valence electrons. The summed E-state index contributed by atoms with van der Waals surface area (Å²) in [6, 6.07) is 19.6. The summed E-state index contributed by atoms with van der Waals surface area (Å²) in [5.74, 6) is 0. The van der Waals surface area contributed by atoms with Crippen LogP contribution in [0.4, 0.5) is 5.69 Å². The van der Waals surface area contributed by atoms with Gasteiger partial charge in [-0.05, 0) is 29.0 Å². The highest BCUT2D eigenvalue weighted by atomic mass is 32.2. The van der Waals surface area contributed by atoms with Gasteiger partial charge in [0.1, 0.15) is 6.54 Å². The van der Waals surface area contributed by atoms with Gasteiger partial charge in [0.2, 0.25) is 10.0 Å². The lowest BCUT2D eigenvalue weighted by atomic mass is 10.1. The van der Waals surface area contributed by atoms with Crippen molar-refractivity contribution >= 4 is 26.5 Å². The maximum atomic E-state index is 13.1. The molecule has 0 aliphatic carbocycles. The molecule has 0 aromatic heterocycles. The fourth-order valence-electron chi connectivity index (χ4n) is 3.80. The topological polar surface area (TPSA) is 85.0 Å². The normalized spacial score (nSPS) is 16.1. The third-order valence-corrected chi connectivity index (χ3v) is 7.31. The lowest BCUT2D eigenvalue weighted by molar-refractivity contribution is -0.917. The van der Waals surface area contributed by atoms with Crippen LogP contribution in [0, 0.1) is 10.1 Å². The largest absolute Gasteiger partial charge is 0.329 e. The number of nitrogens with zero attached hydrogens (tertiary/aromatic N) is 2. The number of hydrogen-bond donors (Lipinski definition) is 1. The molecule has 0 atom stereocenters. The molecule has 1 N–H and O–H groups in total. The average molecular weight is 412 g/mol. The zero-order valence-corrected chi connectivity index (χ0v) is 16.6. The van der Waals surface area contributed by atoms with Crippen LogP contribution in [0.2, 0.25) is 0 Å². The first kappa shape index (κ1) is 19.5. The minimum Gasteiger partial charge on any atom is -0.329 e. The highest BCUT2D eigenvalue weighted by molar-refractivity contribution is 7.89. The molecule has 4 rings (SSSR count). The van der Waals surface area contributed by atoms with Gasteiger partial charge in [-0.3, -0.25) is 10.1 Å². The van der Waals surface area contributed by atoms with Crippen molar-refractivity contribution in [3.63, 3.8) is 0 Å². The van der Waals surface area contributed by atoms with Gasteiger partial charge < -0.3 is 4.90 Å². The van der Waals surface area contributed by atoms with Crippen LogP contribution in [0.5, 0.6) is 0 Å². The summed E-state index contributed by atoms with van der Waals surface area (Å²) in [5.41, 5.74) is 0.796. The van der Waals surface area contributed by atoms with E-state index in [9.17, 15) is 18.5 Å². The summed E-state index contributed by atoms with van der Waals surface area (Å²) < 4.78 is 27.6. The van der Waals surface area contributed by atoms with Crippen molar-refractivity contribution in [3.05, 3.63) is 82.4 Å². The molecule has 3 aromatic rings. The van der Waals surface area contributed by atoms with Crippen molar-refractivity contribution in [2.45, 2.75) is 11.4 Å². The van der Waals surface area contributed by atoms with Crippen LogP contribution in [0.3, 0.4) is 0 Å². The third kappa shape index (κ3) is 4.00. The fourth-order valence-corrected chi connectivity index (χ4v) is 5.28. The van der Waals surface area contributed by atoms with E-state index in [1.807, 2.05) is 30.3 Å². The smallest absolute Gasteiger partial charge is 0.278 e. The second-order valence-corrected chi connectivity index (χ2v) is 9.16. The van der Waals surface area contributed by atoms with Crippen molar-refractivity contribution in [1.82, 2.24) is 4.31 Å². The van der Waals surface area contributed by atoms with Crippen LogP contribution in [-0.2, 0) is 16.6 Å². The molecule has 1 heterocycles. The second kappa shape index (κ2) is 7.90. The van der Waals surface area contributed by atoms with Crippen LogP contribution in [0.15, 0.2) is 71.6 Å². The lowest BCUT2D eigenvalue weighted by Gasteiger charge is -2.31. The summed E-state index contributed by atoms with van der Waals surface area (Å²) in [6.07, 6.45) is 0. The Balaban J connectivity index is 1.46. The average Bonchev–Trinajstić information content (AvgIpc) is 2.74. The monoisotopic (exact) mass is 412 g/mol. The number of piperazine rings is 1. The first-order valence-electron chi connectivity index (χ1n) is 9.50. The van der Waals surface area contributed by atoms with E-state index < -0.39 is 10.0 Å². The van der Waals surface area contributed by atoms with Crippen molar-refractivity contribution in [1.29, 1.82) is 0 Å². The molecular weight excluding hydrogens is 390 g/mol. The Morgan fingerprint density at radius 3 is 2.31 bits per heavy atom. The Labute approximate surface area is 169 Å². The van der Waals surface area contributed by atoms with Gasteiger partial charge in [-0.1, -0.05) is 42.5 Å². The minimum atomic E-state index is -3.56. The second-order valence-electron chi connectivity index (χ2n) is 7.23. The van der Waals surface area contributed by atoms with Crippen LogP contribution in [0.25, 0.3) is 10.8 Å². The molecule has 1 aliphatic rings. The number of benzene rings is 3. The number of sulfonamides is 1. The number of rotatable bonds is 5. The van der Waals surface area contributed by atoms with E-state index in [0.29, 0.717) is 43.2 Å². The summed E-state index contributed by atoms with van der Waals surface area (Å²) in [4.78, 5) is 12.3. The van der Waals surface area contributed by atoms with Crippen molar-refractivity contribution in [2.75, 3.05) is 26.2 Å². The SMILES string of the molecule is O=[N+]([O-])c1ccccc1C[NH+]1CCN(S(=O)(=O)c2ccc3ccccc3c2)CC1.